The Morgan fingerprint density at radius 3 is 2.59 bits per heavy atom. The molecular formula is C20H19N5O3S. The molecule has 148 valence electrons. The topological polar surface area (TPSA) is 101 Å². The molecule has 1 amide bonds. The molecule has 3 aromatic rings. The van der Waals surface area contributed by atoms with E-state index < -0.39 is 4.92 Å². The summed E-state index contributed by atoms with van der Waals surface area (Å²) in [5, 5.41) is 17.3. The fraction of sp³-hybridized carbons (Fsp3) is 0.150. The highest BCUT2D eigenvalue weighted by molar-refractivity contribution is 7.14. The van der Waals surface area contributed by atoms with E-state index in [4.69, 9.17) is 0 Å². The van der Waals surface area contributed by atoms with Gasteiger partial charge < -0.3 is 0 Å². The summed E-state index contributed by atoms with van der Waals surface area (Å²) in [5.74, 6) is -0.130. The molecule has 3 rings (SSSR count). The number of anilines is 3. The number of benzene rings is 2. The number of amides is 1. The van der Waals surface area contributed by atoms with Crippen molar-refractivity contribution in [2.45, 2.75) is 20.8 Å². The van der Waals surface area contributed by atoms with E-state index >= 15 is 0 Å². The summed E-state index contributed by atoms with van der Waals surface area (Å²) in [6.07, 6.45) is 1.50. The standard InChI is InChI=1S/C20H19N5O3S/c1-13-6-4-7-14(2)19(13)24(15(3)26)20-22-17(12-29-20)11-21-23-16-8-5-9-18(10-16)25(27)28/h4-12,23H,1-3H3/b21-11-. The summed E-state index contributed by atoms with van der Waals surface area (Å²) in [6, 6.07) is 11.9. The van der Waals surface area contributed by atoms with Gasteiger partial charge in [0.2, 0.25) is 5.91 Å². The number of nitro benzene ring substituents is 1. The average Bonchev–Trinajstić information content (AvgIpc) is 3.13. The van der Waals surface area contributed by atoms with Crippen molar-refractivity contribution in [2.75, 3.05) is 10.3 Å². The monoisotopic (exact) mass is 409 g/mol. The Balaban J connectivity index is 1.80. The van der Waals surface area contributed by atoms with E-state index in [1.165, 1.54) is 36.6 Å². The fourth-order valence-corrected chi connectivity index (χ4v) is 3.67. The van der Waals surface area contributed by atoms with Gasteiger partial charge in [0.05, 0.1) is 28.2 Å². The van der Waals surface area contributed by atoms with Crippen molar-refractivity contribution in [3.63, 3.8) is 0 Å². The van der Waals surface area contributed by atoms with Gasteiger partial charge in [-0.05, 0) is 31.0 Å². The molecule has 29 heavy (non-hydrogen) atoms. The molecular weight excluding hydrogens is 390 g/mol. The van der Waals surface area contributed by atoms with Crippen LogP contribution in [0, 0.1) is 24.0 Å². The largest absolute Gasteiger partial charge is 0.278 e. The fourth-order valence-electron chi connectivity index (χ4n) is 2.85. The second kappa shape index (κ2) is 8.61. The highest BCUT2D eigenvalue weighted by atomic mass is 32.1. The number of carbonyl (C=O) groups is 1. The van der Waals surface area contributed by atoms with Gasteiger partial charge in [-0.1, -0.05) is 24.3 Å². The smallest absolute Gasteiger partial charge is 0.271 e. The molecule has 0 bridgehead atoms. The average molecular weight is 409 g/mol. The van der Waals surface area contributed by atoms with Crippen LogP contribution in [0.2, 0.25) is 0 Å². The highest BCUT2D eigenvalue weighted by Crippen LogP contribution is 2.33. The predicted molar refractivity (Wildman–Crippen MR) is 115 cm³/mol. The molecule has 0 radical (unpaired) electrons. The lowest BCUT2D eigenvalue weighted by Crippen LogP contribution is -2.24. The molecule has 0 saturated carbocycles. The molecule has 0 fully saturated rings. The number of thiazole rings is 1. The zero-order chi connectivity index (χ0) is 21.0. The van der Waals surface area contributed by atoms with Gasteiger partial charge in [-0.15, -0.1) is 11.3 Å². The van der Waals surface area contributed by atoms with E-state index in [1.807, 2.05) is 32.0 Å². The van der Waals surface area contributed by atoms with Crippen LogP contribution < -0.4 is 10.3 Å². The Kier molecular flexibility index (Phi) is 5.99. The van der Waals surface area contributed by atoms with E-state index in [9.17, 15) is 14.9 Å². The summed E-state index contributed by atoms with van der Waals surface area (Å²) in [4.78, 5) is 28.8. The van der Waals surface area contributed by atoms with Crippen molar-refractivity contribution in [2.24, 2.45) is 5.10 Å². The molecule has 9 heteroatoms. The second-order valence-electron chi connectivity index (χ2n) is 6.33. The molecule has 0 unspecified atom stereocenters. The van der Waals surface area contributed by atoms with Crippen LogP contribution in [0.4, 0.5) is 22.2 Å². The van der Waals surface area contributed by atoms with Crippen LogP contribution >= 0.6 is 11.3 Å². The quantitative estimate of drug-likeness (QED) is 0.358. The Morgan fingerprint density at radius 1 is 1.24 bits per heavy atom. The van der Waals surface area contributed by atoms with Crippen molar-refractivity contribution >= 4 is 45.7 Å². The zero-order valence-corrected chi connectivity index (χ0v) is 16.9. The summed E-state index contributed by atoms with van der Waals surface area (Å²) in [5.41, 5.74) is 6.58. The molecule has 8 nitrogen and oxygen atoms in total. The lowest BCUT2D eigenvalue weighted by molar-refractivity contribution is -0.384. The predicted octanol–water partition coefficient (Wildman–Crippen LogP) is 4.80. The van der Waals surface area contributed by atoms with E-state index in [2.05, 4.69) is 15.5 Å². The van der Waals surface area contributed by atoms with Crippen LogP contribution in [0.25, 0.3) is 0 Å². The number of aromatic nitrogens is 1. The lowest BCUT2D eigenvalue weighted by atomic mass is 10.1. The number of hydrogen-bond acceptors (Lipinski definition) is 7. The van der Waals surface area contributed by atoms with Crippen LogP contribution in [0.1, 0.15) is 23.7 Å². The van der Waals surface area contributed by atoms with Crippen molar-refractivity contribution in [1.29, 1.82) is 0 Å². The molecule has 2 aromatic carbocycles. The second-order valence-corrected chi connectivity index (χ2v) is 7.16. The SMILES string of the molecule is CC(=O)N(c1nc(/C=N\Nc2cccc([N+](=O)[O-])c2)cs1)c1c(C)cccc1C. The number of non-ortho nitro benzene ring substituents is 1. The third-order valence-electron chi connectivity index (χ3n) is 4.13. The molecule has 1 aromatic heterocycles. The Morgan fingerprint density at radius 2 is 1.93 bits per heavy atom. The maximum absolute atomic E-state index is 12.3. The molecule has 1 N–H and O–H groups in total. The first-order valence-corrected chi connectivity index (χ1v) is 9.60. The first-order valence-electron chi connectivity index (χ1n) is 8.73. The first kappa shape index (κ1) is 20.2. The number of nitrogens with zero attached hydrogens (tertiary/aromatic N) is 4. The summed E-state index contributed by atoms with van der Waals surface area (Å²) in [6.45, 7) is 5.42. The van der Waals surface area contributed by atoms with Gasteiger partial charge in [0.1, 0.15) is 0 Å². The van der Waals surface area contributed by atoms with Crippen LogP contribution in [-0.4, -0.2) is 22.0 Å². The minimum Gasteiger partial charge on any atom is -0.278 e. The van der Waals surface area contributed by atoms with Gasteiger partial charge in [-0.25, -0.2) is 4.98 Å². The molecule has 0 spiro atoms. The van der Waals surface area contributed by atoms with Crippen molar-refractivity contribution in [1.82, 2.24) is 4.98 Å². The molecule has 0 aliphatic carbocycles. The van der Waals surface area contributed by atoms with Gasteiger partial charge in [-0.2, -0.15) is 5.10 Å². The zero-order valence-electron chi connectivity index (χ0n) is 16.1. The number of nitrogens with one attached hydrogen (secondary N) is 1. The summed E-state index contributed by atoms with van der Waals surface area (Å²) < 4.78 is 0. The maximum atomic E-state index is 12.3. The minimum absolute atomic E-state index is 0.0214. The van der Waals surface area contributed by atoms with Gasteiger partial charge in [0.15, 0.2) is 5.13 Å². The summed E-state index contributed by atoms with van der Waals surface area (Å²) in [7, 11) is 0. The van der Waals surface area contributed by atoms with Crippen molar-refractivity contribution in [3.8, 4) is 0 Å². The van der Waals surface area contributed by atoms with E-state index in [0.29, 0.717) is 16.5 Å². The Labute approximate surface area is 171 Å². The Hall–Kier alpha value is -3.59. The van der Waals surface area contributed by atoms with Gasteiger partial charge in [0, 0.05) is 24.4 Å². The highest BCUT2D eigenvalue weighted by Gasteiger charge is 2.21. The number of nitro groups is 1. The van der Waals surface area contributed by atoms with Crippen molar-refractivity contribution < 1.29 is 9.72 Å². The maximum Gasteiger partial charge on any atom is 0.271 e. The van der Waals surface area contributed by atoms with Crippen LogP contribution in [0.5, 0.6) is 0 Å². The third-order valence-corrected chi connectivity index (χ3v) is 4.97. The van der Waals surface area contributed by atoms with Crippen LogP contribution in [0.15, 0.2) is 52.9 Å². The molecule has 0 atom stereocenters. The number of rotatable bonds is 6. The number of carbonyl (C=O) groups excluding carboxylic acids is 1. The first-order chi connectivity index (χ1) is 13.9. The van der Waals surface area contributed by atoms with Gasteiger partial charge in [0.25, 0.3) is 5.69 Å². The Bertz CT molecular complexity index is 1070. The van der Waals surface area contributed by atoms with E-state index in [0.717, 1.165) is 16.8 Å². The normalized spacial score (nSPS) is 10.9. The molecule has 1 heterocycles. The van der Waals surface area contributed by atoms with Gasteiger partial charge in [-0.3, -0.25) is 25.2 Å². The lowest BCUT2D eigenvalue weighted by Gasteiger charge is -2.22. The minimum atomic E-state index is -0.467. The molecule has 0 aliphatic rings. The number of hydrogen-bond donors (Lipinski definition) is 1. The third kappa shape index (κ3) is 4.64. The van der Waals surface area contributed by atoms with E-state index in [-0.39, 0.29) is 11.6 Å². The molecule has 0 saturated heterocycles. The van der Waals surface area contributed by atoms with Crippen LogP contribution in [0.3, 0.4) is 0 Å². The van der Waals surface area contributed by atoms with Crippen LogP contribution in [-0.2, 0) is 4.79 Å². The summed E-state index contributed by atoms with van der Waals surface area (Å²) >= 11 is 1.34. The van der Waals surface area contributed by atoms with E-state index in [1.54, 1.807) is 22.4 Å². The number of para-hydroxylation sites is 1. The van der Waals surface area contributed by atoms with Gasteiger partial charge >= 0.3 is 0 Å². The van der Waals surface area contributed by atoms with Crippen molar-refractivity contribution in [3.05, 3.63) is 74.8 Å². The number of hydrazone groups is 1. The number of aryl methyl sites for hydroxylation is 2. The molecule has 0 aliphatic heterocycles.